The summed E-state index contributed by atoms with van der Waals surface area (Å²) >= 11 is 0. The maximum absolute atomic E-state index is 12.2. The van der Waals surface area contributed by atoms with Crippen molar-refractivity contribution in [3.05, 3.63) is 35.7 Å². The van der Waals surface area contributed by atoms with E-state index in [0.29, 0.717) is 29.6 Å². The molecule has 5 rings (SSSR count). The van der Waals surface area contributed by atoms with Gasteiger partial charge in [-0.1, -0.05) is 6.58 Å². The van der Waals surface area contributed by atoms with Crippen molar-refractivity contribution in [2.24, 2.45) is 5.92 Å². The maximum Gasteiger partial charge on any atom is 0.228 e. The third kappa shape index (κ3) is 3.18. The molecule has 1 aliphatic heterocycles. The molecular weight excluding hydrogens is 344 g/mol. The number of carbonyl (C=O) groups is 2. The molecule has 27 heavy (non-hydrogen) atoms. The van der Waals surface area contributed by atoms with Crippen molar-refractivity contribution in [1.82, 2.24) is 19.9 Å². The van der Waals surface area contributed by atoms with Crippen molar-refractivity contribution in [2.75, 3.05) is 10.6 Å². The molecule has 0 atom stereocenters. The van der Waals surface area contributed by atoms with Crippen LogP contribution in [0.2, 0.25) is 0 Å². The molecule has 0 unspecified atom stereocenters. The highest BCUT2D eigenvalue weighted by Gasteiger charge is 2.30. The van der Waals surface area contributed by atoms with Crippen LogP contribution in [0, 0.1) is 5.92 Å². The zero-order valence-corrected chi connectivity index (χ0v) is 14.8. The van der Waals surface area contributed by atoms with E-state index in [1.54, 1.807) is 10.7 Å². The SMILES string of the molecule is C=C1NC(=O)C/C1=C\c1cnn2c(NC3CC3)cc(NC(=O)C3CC3)nc12. The first-order valence-corrected chi connectivity index (χ1v) is 9.23. The number of carbonyl (C=O) groups excluding carboxylic acids is 2. The predicted octanol–water partition coefficient (Wildman–Crippen LogP) is 2.07. The summed E-state index contributed by atoms with van der Waals surface area (Å²) in [4.78, 5) is 28.4. The molecule has 3 aliphatic rings. The Morgan fingerprint density at radius 2 is 2.15 bits per heavy atom. The van der Waals surface area contributed by atoms with Gasteiger partial charge in [-0.2, -0.15) is 9.61 Å². The zero-order valence-electron chi connectivity index (χ0n) is 14.8. The average molecular weight is 364 g/mol. The Morgan fingerprint density at radius 3 is 2.81 bits per heavy atom. The van der Waals surface area contributed by atoms with Crippen molar-refractivity contribution < 1.29 is 9.59 Å². The van der Waals surface area contributed by atoms with Crippen LogP contribution in [0.3, 0.4) is 0 Å². The van der Waals surface area contributed by atoms with Crippen LogP contribution < -0.4 is 16.0 Å². The van der Waals surface area contributed by atoms with E-state index in [1.165, 1.54) is 0 Å². The Morgan fingerprint density at radius 1 is 1.33 bits per heavy atom. The molecule has 2 saturated carbocycles. The van der Waals surface area contributed by atoms with Crippen molar-refractivity contribution in [3.8, 4) is 0 Å². The second-order valence-electron chi connectivity index (χ2n) is 7.42. The van der Waals surface area contributed by atoms with Crippen LogP contribution in [-0.4, -0.2) is 32.5 Å². The van der Waals surface area contributed by atoms with Crippen molar-refractivity contribution >= 4 is 35.2 Å². The number of aromatic nitrogens is 3. The first kappa shape index (κ1) is 16.0. The van der Waals surface area contributed by atoms with Gasteiger partial charge >= 0.3 is 0 Å². The highest BCUT2D eigenvalue weighted by molar-refractivity contribution is 5.94. The number of hydrogen-bond acceptors (Lipinski definition) is 5. The van der Waals surface area contributed by atoms with Gasteiger partial charge in [-0.15, -0.1) is 0 Å². The maximum atomic E-state index is 12.2. The topological polar surface area (TPSA) is 100 Å². The van der Waals surface area contributed by atoms with Crippen LogP contribution in [-0.2, 0) is 9.59 Å². The van der Waals surface area contributed by atoms with E-state index in [0.717, 1.165) is 42.6 Å². The van der Waals surface area contributed by atoms with Gasteiger partial charge in [0.2, 0.25) is 11.8 Å². The molecule has 0 spiro atoms. The number of fused-ring (bicyclic) bond motifs is 1. The van der Waals surface area contributed by atoms with Crippen LogP contribution in [0.5, 0.6) is 0 Å². The van der Waals surface area contributed by atoms with E-state index in [4.69, 9.17) is 0 Å². The van der Waals surface area contributed by atoms with Crippen LogP contribution in [0.1, 0.15) is 37.7 Å². The van der Waals surface area contributed by atoms with Gasteiger partial charge in [0.05, 0.1) is 12.6 Å². The minimum Gasteiger partial charge on any atom is -0.367 e. The minimum absolute atomic E-state index is 0.0163. The van der Waals surface area contributed by atoms with Gasteiger partial charge < -0.3 is 16.0 Å². The first-order chi connectivity index (χ1) is 13.1. The van der Waals surface area contributed by atoms with Gasteiger partial charge in [0.25, 0.3) is 0 Å². The summed E-state index contributed by atoms with van der Waals surface area (Å²) in [6.45, 7) is 3.88. The third-order valence-electron chi connectivity index (χ3n) is 4.99. The summed E-state index contributed by atoms with van der Waals surface area (Å²) in [5, 5.41) is 13.5. The molecule has 3 heterocycles. The minimum atomic E-state index is -0.0656. The number of hydrogen-bond donors (Lipinski definition) is 3. The van der Waals surface area contributed by atoms with Gasteiger partial charge in [-0.3, -0.25) is 9.59 Å². The van der Waals surface area contributed by atoms with E-state index in [1.807, 2.05) is 12.1 Å². The quantitative estimate of drug-likeness (QED) is 0.754. The van der Waals surface area contributed by atoms with Crippen molar-refractivity contribution in [1.29, 1.82) is 0 Å². The zero-order chi connectivity index (χ0) is 18.5. The van der Waals surface area contributed by atoms with Gasteiger partial charge in [0, 0.05) is 29.3 Å². The summed E-state index contributed by atoms with van der Waals surface area (Å²) in [7, 11) is 0. The molecule has 8 nitrogen and oxygen atoms in total. The fraction of sp³-hybridized carbons (Fsp3) is 0.368. The lowest BCUT2D eigenvalue weighted by molar-refractivity contribution is -0.119. The van der Waals surface area contributed by atoms with Gasteiger partial charge in [-0.25, -0.2) is 4.98 Å². The molecule has 8 heteroatoms. The fourth-order valence-electron chi connectivity index (χ4n) is 3.16. The molecule has 0 bridgehead atoms. The molecule has 2 aliphatic carbocycles. The summed E-state index contributed by atoms with van der Waals surface area (Å²) in [5.74, 6) is 1.37. The number of rotatable bonds is 5. The molecule has 2 aromatic heterocycles. The monoisotopic (exact) mass is 364 g/mol. The summed E-state index contributed by atoms with van der Waals surface area (Å²) in [6, 6.07) is 2.26. The standard InChI is InChI=1S/C19H20N6O2/c1-10-12(7-17(26)21-10)6-13-9-20-25-16(22-14-4-5-14)8-15(23-18(13)25)24-19(27)11-2-3-11/h6,8-9,11,14,22H,1-5,7H2,(H,21,26)(H,23,24,27)/b12-6+. The molecule has 3 N–H and O–H groups in total. The number of nitrogens with zero attached hydrogens (tertiary/aromatic N) is 3. The Balaban J connectivity index is 1.55. The summed E-state index contributed by atoms with van der Waals surface area (Å²) in [6.07, 6.45) is 8.02. The molecule has 0 radical (unpaired) electrons. The third-order valence-corrected chi connectivity index (χ3v) is 4.99. The number of allylic oxidation sites excluding steroid dienone is 1. The molecule has 138 valence electrons. The van der Waals surface area contributed by atoms with E-state index in [-0.39, 0.29) is 17.7 Å². The molecule has 1 saturated heterocycles. The average Bonchev–Trinajstić information content (AvgIpc) is 3.53. The lowest BCUT2D eigenvalue weighted by atomic mass is 10.1. The van der Waals surface area contributed by atoms with Gasteiger partial charge in [-0.05, 0) is 37.3 Å². The van der Waals surface area contributed by atoms with E-state index in [9.17, 15) is 9.59 Å². The first-order valence-electron chi connectivity index (χ1n) is 9.23. The smallest absolute Gasteiger partial charge is 0.228 e. The highest BCUT2D eigenvalue weighted by atomic mass is 16.2. The van der Waals surface area contributed by atoms with Crippen LogP contribution in [0.15, 0.2) is 30.1 Å². The number of nitrogens with one attached hydrogen (secondary N) is 3. The lowest BCUT2D eigenvalue weighted by Crippen LogP contribution is -2.16. The predicted molar refractivity (Wildman–Crippen MR) is 101 cm³/mol. The van der Waals surface area contributed by atoms with Crippen molar-refractivity contribution in [3.63, 3.8) is 0 Å². The van der Waals surface area contributed by atoms with Gasteiger partial charge in [0.15, 0.2) is 5.65 Å². The van der Waals surface area contributed by atoms with Crippen LogP contribution in [0.4, 0.5) is 11.6 Å². The number of amides is 2. The van der Waals surface area contributed by atoms with Crippen molar-refractivity contribution in [2.45, 2.75) is 38.1 Å². The second kappa shape index (κ2) is 5.94. The lowest BCUT2D eigenvalue weighted by Gasteiger charge is -2.11. The molecule has 3 fully saturated rings. The summed E-state index contributed by atoms with van der Waals surface area (Å²) < 4.78 is 1.74. The molecule has 2 aromatic rings. The summed E-state index contributed by atoms with van der Waals surface area (Å²) in [5.41, 5.74) is 2.84. The molecule has 2 amide bonds. The van der Waals surface area contributed by atoms with Gasteiger partial charge in [0.1, 0.15) is 11.6 Å². The Hall–Kier alpha value is -3.16. The molecule has 0 aromatic carbocycles. The largest absolute Gasteiger partial charge is 0.367 e. The molecular formula is C19H20N6O2. The fourth-order valence-corrected chi connectivity index (χ4v) is 3.16. The Labute approximate surface area is 155 Å². The Kier molecular flexibility index (Phi) is 3.53. The van der Waals surface area contributed by atoms with E-state index >= 15 is 0 Å². The van der Waals surface area contributed by atoms with Crippen LogP contribution >= 0.6 is 0 Å². The Bertz CT molecular complexity index is 1010. The van der Waals surface area contributed by atoms with E-state index in [2.05, 4.69) is 32.6 Å². The second-order valence-corrected chi connectivity index (χ2v) is 7.42. The normalized spacial score (nSPS) is 21.0. The van der Waals surface area contributed by atoms with Crippen LogP contribution in [0.25, 0.3) is 11.7 Å². The van der Waals surface area contributed by atoms with E-state index < -0.39 is 0 Å². The number of anilines is 2. The highest BCUT2D eigenvalue weighted by Crippen LogP contribution is 2.32.